The molecule has 0 fully saturated rings. The van der Waals surface area contributed by atoms with Gasteiger partial charge in [0.2, 0.25) is 0 Å². The van der Waals surface area contributed by atoms with E-state index in [1.807, 2.05) is 26.0 Å². The molecule has 3 rings (SSSR count). The summed E-state index contributed by atoms with van der Waals surface area (Å²) in [6, 6.07) is 8.13. The van der Waals surface area contributed by atoms with Crippen LogP contribution < -0.4 is 32.8 Å². The molecule has 4 nitrogen and oxygen atoms in total. The molecule has 2 aromatic rings. The number of benzene rings is 2. The van der Waals surface area contributed by atoms with E-state index in [-0.39, 0.29) is 29.7 Å². The van der Waals surface area contributed by atoms with Crippen LogP contribution in [0.2, 0.25) is 0 Å². The summed E-state index contributed by atoms with van der Waals surface area (Å²) in [6.45, 7) is 16.7. The largest absolute Gasteiger partial charge is 1.00 e. The van der Waals surface area contributed by atoms with Gasteiger partial charge in [-0.2, -0.15) is 0 Å². The minimum atomic E-state index is -4.54. The molecule has 0 saturated carbocycles. The van der Waals surface area contributed by atoms with Crippen molar-refractivity contribution < 1.29 is 37.4 Å². The van der Waals surface area contributed by atoms with E-state index in [4.69, 9.17) is 9.05 Å². The third kappa shape index (κ3) is 5.12. The Morgan fingerprint density at radius 2 is 1.14 bits per heavy atom. The molecule has 1 aliphatic heterocycles. The minimum Gasteiger partial charge on any atom is -0.736 e. The first kappa shape index (κ1) is 24.1. The van der Waals surface area contributed by atoms with Crippen molar-refractivity contribution in [1.29, 1.82) is 0 Å². The van der Waals surface area contributed by atoms with Gasteiger partial charge in [-0.15, -0.1) is 0 Å². The maximum atomic E-state index is 12.6. The zero-order valence-electron chi connectivity index (χ0n) is 19.1. The van der Waals surface area contributed by atoms with E-state index in [0.29, 0.717) is 17.9 Å². The number of phosphoric ester groups is 1. The minimum absolute atomic E-state index is 0. The molecule has 0 bridgehead atoms. The molecule has 152 valence electrons. The number of rotatable bonds is 0. The molecule has 0 amide bonds. The SMILES string of the molecule is Cc1cc(C(C)(C)C)cc2c1OP(=O)([O-])Oc1c(C)cc(C(C)(C)C)cc1C2.[Li+]. The second-order valence-corrected chi connectivity index (χ2v) is 11.1. The van der Waals surface area contributed by atoms with E-state index in [2.05, 4.69) is 53.7 Å². The van der Waals surface area contributed by atoms with Gasteiger partial charge < -0.3 is 13.9 Å². The maximum Gasteiger partial charge on any atom is 1.00 e. The summed E-state index contributed by atoms with van der Waals surface area (Å²) in [5.74, 6) is 0.770. The van der Waals surface area contributed by atoms with Crippen molar-refractivity contribution in [3.63, 3.8) is 0 Å². The summed E-state index contributed by atoms with van der Waals surface area (Å²) in [7, 11) is -4.54. The van der Waals surface area contributed by atoms with Crippen LogP contribution in [0.25, 0.3) is 0 Å². The Morgan fingerprint density at radius 3 is 1.45 bits per heavy atom. The molecule has 0 N–H and O–H groups in total. The topological polar surface area (TPSA) is 58.6 Å². The first-order chi connectivity index (χ1) is 12.7. The summed E-state index contributed by atoms with van der Waals surface area (Å²) >= 11 is 0. The summed E-state index contributed by atoms with van der Waals surface area (Å²) < 4.78 is 23.4. The third-order valence-corrected chi connectivity index (χ3v) is 6.03. The van der Waals surface area contributed by atoms with Gasteiger partial charge in [-0.3, -0.25) is 0 Å². The van der Waals surface area contributed by atoms with Crippen LogP contribution in [0.3, 0.4) is 0 Å². The molecule has 2 aromatic carbocycles. The monoisotopic (exact) mass is 408 g/mol. The van der Waals surface area contributed by atoms with Crippen molar-refractivity contribution in [3.8, 4) is 11.5 Å². The van der Waals surface area contributed by atoms with Crippen molar-refractivity contribution in [3.05, 3.63) is 57.6 Å². The average molecular weight is 408 g/mol. The number of phosphoric acid groups is 1. The fourth-order valence-corrected chi connectivity index (χ4v) is 4.54. The molecule has 0 unspecified atom stereocenters. The molecule has 0 aliphatic carbocycles. The van der Waals surface area contributed by atoms with Gasteiger partial charge >= 0.3 is 26.7 Å². The smallest absolute Gasteiger partial charge is 0.736 e. The van der Waals surface area contributed by atoms with E-state index in [1.54, 1.807) is 0 Å². The number of aryl methyl sites for hydroxylation is 2. The van der Waals surface area contributed by atoms with E-state index in [0.717, 1.165) is 33.4 Å². The first-order valence-electron chi connectivity index (χ1n) is 9.66. The predicted molar refractivity (Wildman–Crippen MR) is 111 cm³/mol. The molecular weight excluding hydrogens is 378 g/mol. The van der Waals surface area contributed by atoms with Crippen LogP contribution >= 0.6 is 7.82 Å². The molecule has 1 heterocycles. The van der Waals surface area contributed by atoms with E-state index >= 15 is 0 Å². The van der Waals surface area contributed by atoms with Gasteiger partial charge in [0.15, 0.2) is 0 Å². The zero-order chi connectivity index (χ0) is 21.1. The molecule has 0 atom stereocenters. The second kappa shape index (κ2) is 7.82. The quantitative estimate of drug-likeness (QED) is 0.497. The van der Waals surface area contributed by atoms with Crippen LogP contribution in [0.5, 0.6) is 11.5 Å². The Morgan fingerprint density at radius 1 is 0.793 bits per heavy atom. The summed E-state index contributed by atoms with van der Waals surface area (Å²) in [5, 5.41) is 0. The van der Waals surface area contributed by atoms with Crippen LogP contribution in [0.1, 0.15) is 74.9 Å². The predicted octanol–water partition coefficient (Wildman–Crippen LogP) is 2.73. The standard InChI is InChI=1S/C23H31O4P.Li/c1-14-9-18(22(3,4)5)12-16-11-17-13-19(23(6,7)8)10-15(2)21(17)27-28(24,25)26-20(14)16;/h9-10,12-13H,11H2,1-8H3,(H,24,25);/q;+1/p-1. The van der Waals surface area contributed by atoms with Crippen molar-refractivity contribution >= 4 is 7.82 Å². The van der Waals surface area contributed by atoms with Crippen molar-refractivity contribution in [2.24, 2.45) is 0 Å². The van der Waals surface area contributed by atoms with E-state index in [9.17, 15) is 9.46 Å². The zero-order valence-corrected chi connectivity index (χ0v) is 20.0. The molecule has 0 spiro atoms. The third-order valence-electron chi connectivity index (χ3n) is 5.22. The average Bonchev–Trinajstić information content (AvgIpc) is 2.50. The molecule has 29 heavy (non-hydrogen) atoms. The van der Waals surface area contributed by atoms with Crippen LogP contribution in [-0.4, -0.2) is 0 Å². The van der Waals surface area contributed by atoms with Gasteiger partial charge in [0, 0.05) is 6.42 Å². The number of hydrogen-bond donors (Lipinski definition) is 0. The van der Waals surface area contributed by atoms with Crippen LogP contribution in [0, 0.1) is 13.8 Å². The van der Waals surface area contributed by atoms with Crippen LogP contribution in [0.15, 0.2) is 24.3 Å². The van der Waals surface area contributed by atoms with Gasteiger partial charge in [-0.05, 0) is 58.1 Å². The summed E-state index contributed by atoms with van der Waals surface area (Å²) in [6.07, 6.45) is 0.556. The number of fused-ring (bicyclic) bond motifs is 2. The Kier molecular flexibility index (Phi) is 6.50. The second-order valence-electron chi connectivity index (χ2n) is 9.87. The maximum absolute atomic E-state index is 12.6. The fourth-order valence-electron chi connectivity index (χ4n) is 3.53. The molecule has 0 aromatic heterocycles. The fraction of sp³-hybridized carbons (Fsp3) is 0.478. The van der Waals surface area contributed by atoms with Gasteiger partial charge in [-0.1, -0.05) is 65.8 Å². The molecule has 6 heteroatoms. The summed E-state index contributed by atoms with van der Waals surface area (Å²) in [5.41, 5.74) is 5.55. The van der Waals surface area contributed by atoms with Crippen molar-refractivity contribution in [1.82, 2.24) is 0 Å². The van der Waals surface area contributed by atoms with Crippen LogP contribution in [0.4, 0.5) is 0 Å². The Labute approximate surface area is 186 Å². The normalized spacial score (nSPS) is 15.6. The first-order valence-corrected chi connectivity index (χ1v) is 11.1. The van der Waals surface area contributed by atoms with E-state index in [1.165, 1.54) is 0 Å². The Bertz CT molecular complexity index is 908. The van der Waals surface area contributed by atoms with Crippen LogP contribution in [-0.2, 0) is 21.8 Å². The van der Waals surface area contributed by atoms with Gasteiger partial charge in [0.25, 0.3) is 0 Å². The summed E-state index contributed by atoms with van der Waals surface area (Å²) in [4.78, 5) is 12.6. The molecular formula is C23H30LiO4P. The van der Waals surface area contributed by atoms with Gasteiger partial charge in [0.05, 0.1) is 0 Å². The van der Waals surface area contributed by atoms with Gasteiger partial charge in [0.1, 0.15) is 11.5 Å². The van der Waals surface area contributed by atoms with Gasteiger partial charge in [-0.25, -0.2) is 4.57 Å². The molecule has 0 saturated heterocycles. The van der Waals surface area contributed by atoms with Crippen molar-refractivity contribution in [2.45, 2.75) is 72.6 Å². The van der Waals surface area contributed by atoms with Crippen molar-refractivity contribution in [2.75, 3.05) is 0 Å². The molecule has 0 radical (unpaired) electrons. The Hall–Kier alpha value is -1.17. The van der Waals surface area contributed by atoms with E-state index < -0.39 is 7.82 Å². The molecule has 1 aliphatic rings. The Balaban J connectivity index is 0.00000300. The number of hydrogen-bond acceptors (Lipinski definition) is 4.